The van der Waals surface area contributed by atoms with E-state index in [1.54, 1.807) is 20.6 Å². The van der Waals surface area contributed by atoms with Crippen molar-refractivity contribution in [2.75, 3.05) is 0 Å². The Kier molecular flexibility index (Phi) is 4.31. The highest BCUT2D eigenvalue weighted by Gasteiger charge is 2.49. The number of oxazole rings is 2. The smallest absolute Gasteiger partial charge is 0.408 e. The summed E-state index contributed by atoms with van der Waals surface area (Å²) in [5, 5.41) is 1.69. The van der Waals surface area contributed by atoms with E-state index in [4.69, 9.17) is 8.83 Å². The van der Waals surface area contributed by atoms with E-state index >= 15 is 0 Å². The SMILES string of the molecule is O=c1oc2ccccc2n1[Si](c1ccccc1)(c1ccccc1)n1c(=O)oc2ccccc21. The lowest BCUT2D eigenvalue weighted by Crippen LogP contribution is -2.73. The highest BCUT2D eigenvalue weighted by atomic mass is 28.3. The Balaban J connectivity index is 1.92. The van der Waals surface area contributed by atoms with E-state index in [1.165, 1.54) is 0 Å². The highest BCUT2D eigenvalue weighted by molar-refractivity contribution is 7.00. The molecule has 160 valence electrons. The average Bonchev–Trinajstić information content (AvgIpc) is 3.38. The van der Waals surface area contributed by atoms with Gasteiger partial charge >= 0.3 is 19.9 Å². The number of fused-ring (bicyclic) bond motifs is 2. The summed E-state index contributed by atoms with van der Waals surface area (Å²) >= 11 is 0. The summed E-state index contributed by atoms with van der Waals surface area (Å²) in [7, 11) is -3.59. The number of hydrogen-bond acceptors (Lipinski definition) is 4. The molecule has 0 saturated carbocycles. The van der Waals surface area contributed by atoms with Gasteiger partial charge in [0.25, 0.3) is 0 Å². The van der Waals surface area contributed by atoms with Crippen LogP contribution >= 0.6 is 0 Å². The fraction of sp³-hybridized carbons (Fsp3) is 0. The van der Waals surface area contributed by atoms with Crippen molar-refractivity contribution < 1.29 is 8.83 Å². The second-order valence-corrected chi connectivity index (χ2v) is 11.1. The molecule has 0 bridgehead atoms. The van der Waals surface area contributed by atoms with Gasteiger partial charge in [0.1, 0.15) is 0 Å². The molecule has 0 aliphatic heterocycles. The van der Waals surface area contributed by atoms with E-state index in [2.05, 4.69) is 0 Å². The van der Waals surface area contributed by atoms with Gasteiger partial charge in [-0.1, -0.05) is 84.9 Å². The van der Waals surface area contributed by atoms with Crippen molar-refractivity contribution in [3.8, 4) is 0 Å². The third kappa shape index (κ3) is 2.73. The minimum absolute atomic E-state index is 0.465. The molecule has 2 aromatic heterocycles. The van der Waals surface area contributed by atoms with Crippen LogP contribution in [-0.4, -0.2) is 16.9 Å². The van der Waals surface area contributed by atoms with Crippen LogP contribution in [0.5, 0.6) is 0 Å². The fourth-order valence-electron chi connectivity index (χ4n) is 4.67. The van der Waals surface area contributed by atoms with Crippen LogP contribution in [0.1, 0.15) is 0 Å². The molecule has 6 rings (SSSR count). The van der Waals surface area contributed by atoms with E-state index in [0.29, 0.717) is 22.2 Å². The zero-order valence-electron chi connectivity index (χ0n) is 17.4. The maximum absolute atomic E-state index is 13.6. The predicted octanol–water partition coefficient (Wildman–Crippen LogP) is 3.16. The Morgan fingerprint density at radius 2 is 0.848 bits per heavy atom. The highest BCUT2D eigenvalue weighted by Crippen LogP contribution is 2.22. The van der Waals surface area contributed by atoms with Crippen LogP contribution in [-0.2, 0) is 0 Å². The van der Waals surface area contributed by atoms with Crippen molar-refractivity contribution in [1.82, 2.24) is 8.47 Å². The first-order chi connectivity index (χ1) is 16.2. The van der Waals surface area contributed by atoms with Gasteiger partial charge in [0.05, 0.1) is 11.0 Å². The minimum Gasteiger partial charge on any atom is -0.408 e. The molecule has 0 aliphatic carbocycles. The molecule has 0 fully saturated rings. The largest absolute Gasteiger partial charge is 0.413 e. The molecular weight excluding hydrogens is 432 g/mol. The normalized spacial score (nSPS) is 11.9. The van der Waals surface area contributed by atoms with Crippen LogP contribution in [0.2, 0.25) is 0 Å². The zero-order valence-corrected chi connectivity index (χ0v) is 18.4. The van der Waals surface area contributed by atoms with Crippen molar-refractivity contribution in [3.05, 3.63) is 130 Å². The molecule has 0 radical (unpaired) electrons. The van der Waals surface area contributed by atoms with Gasteiger partial charge in [-0.05, 0) is 34.6 Å². The van der Waals surface area contributed by atoms with Gasteiger partial charge in [0, 0.05) is 0 Å². The molecule has 2 heterocycles. The molecule has 0 unspecified atom stereocenters. The Morgan fingerprint density at radius 1 is 0.485 bits per heavy atom. The molecule has 0 aliphatic rings. The molecule has 0 spiro atoms. The van der Waals surface area contributed by atoms with Crippen LogP contribution in [0.15, 0.2) is 128 Å². The second kappa shape index (κ2) is 7.35. The minimum atomic E-state index is -3.59. The zero-order chi connectivity index (χ0) is 22.4. The number of rotatable bonds is 4. The number of aromatic nitrogens is 2. The molecule has 0 atom stereocenters. The Bertz CT molecular complexity index is 1580. The Hall–Kier alpha value is -4.36. The summed E-state index contributed by atoms with van der Waals surface area (Å²) in [6, 6.07) is 33.9. The first-order valence-corrected chi connectivity index (χ1v) is 12.4. The number of para-hydroxylation sites is 4. The molecular formula is C26H18N2O4Si. The van der Waals surface area contributed by atoms with Gasteiger partial charge in [-0.2, -0.15) is 0 Å². The number of hydrogen-bond donors (Lipinski definition) is 0. The van der Waals surface area contributed by atoms with E-state index in [0.717, 1.165) is 10.4 Å². The number of benzene rings is 4. The van der Waals surface area contributed by atoms with Crippen molar-refractivity contribution >= 4 is 41.0 Å². The van der Waals surface area contributed by atoms with Crippen molar-refractivity contribution in [1.29, 1.82) is 0 Å². The van der Waals surface area contributed by atoms with Gasteiger partial charge < -0.3 is 8.83 Å². The monoisotopic (exact) mass is 450 g/mol. The Morgan fingerprint density at radius 3 is 1.27 bits per heavy atom. The van der Waals surface area contributed by atoms with Crippen molar-refractivity contribution in [2.24, 2.45) is 0 Å². The van der Waals surface area contributed by atoms with Crippen molar-refractivity contribution in [2.45, 2.75) is 0 Å². The summed E-state index contributed by atoms with van der Waals surface area (Å²) in [6.07, 6.45) is 0. The summed E-state index contributed by atoms with van der Waals surface area (Å²) in [5.74, 6) is -1.04. The van der Waals surface area contributed by atoms with Gasteiger partial charge in [0.15, 0.2) is 11.2 Å². The van der Waals surface area contributed by atoms with Gasteiger partial charge in [-0.3, -0.25) is 8.47 Å². The van der Waals surface area contributed by atoms with Crippen molar-refractivity contribution in [3.63, 3.8) is 0 Å². The van der Waals surface area contributed by atoms with Crippen LogP contribution in [0, 0.1) is 0 Å². The van der Waals surface area contributed by atoms with E-state index in [9.17, 15) is 9.59 Å². The molecule has 7 heteroatoms. The summed E-state index contributed by atoms with van der Waals surface area (Å²) in [4.78, 5) is 27.1. The van der Waals surface area contributed by atoms with Gasteiger partial charge in [0.2, 0.25) is 0 Å². The lowest BCUT2D eigenvalue weighted by molar-refractivity contribution is 0.535. The molecule has 4 aromatic carbocycles. The lowest BCUT2D eigenvalue weighted by Gasteiger charge is -2.33. The maximum atomic E-state index is 13.6. The predicted molar refractivity (Wildman–Crippen MR) is 130 cm³/mol. The Labute approximate surface area is 188 Å². The summed E-state index contributed by atoms with van der Waals surface area (Å²) in [6.45, 7) is 0. The van der Waals surface area contributed by atoms with Crippen LogP contribution < -0.4 is 21.9 Å². The maximum Gasteiger partial charge on any atom is 0.413 e. The standard InChI is InChI=1S/C26H18N2O4Si/c29-25-27(21-15-7-9-17-23(21)31-25)33(19-11-3-1-4-12-19,20-13-5-2-6-14-20)28-22-16-8-10-18-24(22)32-26(28)30/h1-18H. The fourth-order valence-corrected chi connectivity index (χ4v) is 9.24. The van der Waals surface area contributed by atoms with Crippen LogP contribution in [0.4, 0.5) is 0 Å². The molecule has 0 saturated heterocycles. The quantitative estimate of drug-likeness (QED) is 0.387. The first-order valence-electron chi connectivity index (χ1n) is 10.5. The third-order valence-corrected chi connectivity index (χ3v) is 10.4. The van der Waals surface area contributed by atoms with Crippen LogP contribution in [0.25, 0.3) is 22.2 Å². The summed E-state index contributed by atoms with van der Waals surface area (Å²) in [5.41, 5.74) is 2.18. The first kappa shape index (κ1) is 19.3. The molecule has 0 N–H and O–H groups in total. The van der Waals surface area contributed by atoms with Gasteiger partial charge in [-0.25, -0.2) is 9.59 Å². The molecule has 6 aromatic rings. The summed E-state index contributed by atoms with van der Waals surface area (Å²) < 4.78 is 14.7. The van der Waals surface area contributed by atoms with E-state index in [1.807, 2.05) is 97.1 Å². The van der Waals surface area contributed by atoms with E-state index < -0.39 is 19.9 Å². The topological polar surface area (TPSA) is 70.3 Å². The molecule has 6 nitrogen and oxygen atoms in total. The lowest BCUT2D eigenvalue weighted by atomic mass is 10.3. The van der Waals surface area contributed by atoms with Crippen LogP contribution in [0.3, 0.4) is 0 Å². The number of nitrogens with zero attached hydrogens (tertiary/aromatic N) is 2. The van der Waals surface area contributed by atoms with E-state index in [-0.39, 0.29) is 0 Å². The average molecular weight is 451 g/mol. The molecule has 0 amide bonds. The third-order valence-electron chi connectivity index (χ3n) is 5.97. The second-order valence-electron chi connectivity index (χ2n) is 7.75. The molecule has 33 heavy (non-hydrogen) atoms. The van der Waals surface area contributed by atoms with Gasteiger partial charge in [-0.15, -0.1) is 0 Å².